The Bertz CT molecular complexity index is 442. The van der Waals surface area contributed by atoms with Gasteiger partial charge in [0.25, 0.3) is 0 Å². The molecule has 0 aliphatic carbocycles. The molecule has 1 aliphatic heterocycles. The van der Waals surface area contributed by atoms with E-state index in [0.29, 0.717) is 13.1 Å². The molecule has 5 nitrogen and oxygen atoms in total. The van der Waals surface area contributed by atoms with Gasteiger partial charge in [-0.15, -0.1) is 0 Å². The largest absolute Gasteiger partial charge is 0.444 e. The molecule has 1 fully saturated rings. The molecule has 1 aromatic rings. The molecule has 1 amide bonds. The predicted octanol–water partition coefficient (Wildman–Crippen LogP) is 1.74. The van der Waals surface area contributed by atoms with Crippen molar-refractivity contribution in [1.82, 2.24) is 9.88 Å². The number of carbonyl (C=O) groups excluding carboxylic acids is 1. The van der Waals surface area contributed by atoms with E-state index in [2.05, 4.69) is 4.98 Å². The van der Waals surface area contributed by atoms with Crippen molar-refractivity contribution in [2.45, 2.75) is 38.3 Å². The Morgan fingerprint density at radius 1 is 1.42 bits per heavy atom. The maximum atomic E-state index is 12.0. The van der Waals surface area contributed by atoms with E-state index in [-0.39, 0.29) is 18.1 Å². The van der Waals surface area contributed by atoms with E-state index in [0.717, 1.165) is 5.69 Å². The molecule has 0 spiro atoms. The molecule has 1 aliphatic rings. The van der Waals surface area contributed by atoms with Crippen LogP contribution in [-0.4, -0.2) is 40.7 Å². The molecule has 2 unspecified atom stereocenters. The lowest BCUT2D eigenvalue weighted by Gasteiger charge is -2.24. The summed E-state index contributed by atoms with van der Waals surface area (Å²) in [5.74, 6) is 0.0775. The number of hydrogen-bond acceptors (Lipinski definition) is 4. The van der Waals surface area contributed by atoms with Crippen molar-refractivity contribution < 1.29 is 9.53 Å². The molecule has 2 heterocycles. The van der Waals surface area contributed by atoms with Gasteiger partial charge in [0.15, 0.2) is 0 Å². The second-order valence-corrected chi connectivity index (χ2v) is 5.91. The highest BCUT2D eigenvalue weighted by molar-refractivity contribution is 5.68. The Hall–Kier alpha value is -1.62. The summed E-state index contributed by atoms with van der Waals surface area (Å²) < 4.78 is 5.37. The summed E-state index contributed by atoms with van der Waals surface area (Å²) in [6, 6.07) is 5.66. The average Bonchev–Trinajstić information content (AvgIpc) is 2.70. The molecule has 0 bridgehead atoms. The first-order valence-corrected chi connectivity index (χ1v) is 6.51. The van der Waals surface area contributed by atoms with E-state index in [1.165, 1.54) is 0 Å². The number of carbonyl (C=O) groups is 1. The number of pyridine rings is 1. The summed E-state index contributed by atoms with van der Waals surface area (Å²) in [6.45, 7) is 6.65. The van der Waals surface area contributed by atoms with Gasteiger partial charge in [-0.25, -0.2) is 4.79 Å². The topological polar surface area (TPSA) is 68.5 Å². The number of nitrogens with zero attached hydrogens (tertiary/aromatic N) is 2. The SMILES string of the molecule is CC(C)(C)OC(=O)N1CC(N)C(c2ccccn2)C1. The zero-order valence-corrected chi connectivity index (χ0v) is 11.7. The van der Waals surface area contributed by atoms with Gasteiger partial charge in [-0.2, -0.15) is 0 Å². The fourth-order valence-corrected chi connectivity index (χ4v) is 2.21. The summed E-state index contributed by atoms with van der Waals surface area (Å²) in [6.07, 6.45) is 1.44. The van der Waals surface area contributed by atoms with Crippen LogP contribution in [0.2, 0.25) is 0 Å². The molecule has 2 rings (SSSR count). The lowest BCUT2D eigenvalue weighted by Crippen LogP contribution is -2.36. The molecule has 1 aromatic heterocycles. The van der Waals surface area contributed by atoms with Gasteiger partial charge in [0, 0.05) is 36.9 Å². The fourth-order valence-electron chi connectivity index (χ4n) is 2.21. The second kappa shape index (κ2) is 5.17. The lowest BCUT2D eigenvalue weighted by molar-refractivity contribution is 0.0290. The molecule has 19 heavy (non-hydrogen) atoms. The van der Waals surface area contributed by atoms with Gasteiger partial charge in [0.05, 0.1) is 0 Å². The minimum Gasteiger partial charge on any atom is -0.444 e. The average molecular weight is 263 g/mol. The van der Waals surface area contributed by atoms with Crippen LogP contribution in [0.25, 0.3) is 0 Å². The minimum absolute atomic E-state index is 0.0775. The highest BCUT2D eigenvalue weighted by atomic mass is 16.6. The number of likely N-dealkylation sites (tertiary alicyclic amines) is 1. The Morgan fingerprint density at radius 2 is 2.16 bits per heavy atom. The summed E-state index contributed by atoms with van der Waals surface area (Å²) in [7, 11) is 0. The van der Waals surface area contributed by atoms with Crippen LogP contribution in [-0.2, 0) is 4.74 Å². The van der Waals surface area contributed by atoms with E-state index in [9.17, 15) is 4.79 Å². The van der Waals surface area contributed by atoms with E-state index in [1.807, 2.05) is 39.0 Å². The maximum Gasteiger partial charge on any atom is 0.410 e. The molecule has 0 aromatic carbocycles. The van der Waals surface area contributed by atoms with Crippen LogP contribution in [0.15, 0.2) is 24.4 Å². The van der Waals surface area contributed by atoms with Crippen molar-refractivity contribution in [2.24, 2.45) is 5.73 Å². The maximum absolute atomic E-state index is 12.0. The highest BCUT2D eigenvalue weighted by Crippen LogP contribution is 2.26. The van der Waals surface area contributed by atoms with Gasteiger partial charge in [-0.05, 0) is 32.9 Å². The smallest absolute Gasteiger partial charge is 0.410 e. The molecule has 104 valence electrons. The van der Waals surface area contributed by atoms with Crippen LogP contribution in [0.4, 0.5) is 4.79 Å². The van der Waals surface area contributed by atoms with E-state index >= 15 is 0 Å². The number of hydrogen-bond donors (Lipinski definition) is 1. The van der Waals surface area contributed by atoms with Gasteiger partial charge in [0.1, 0.15) is 5.60 Å². The monoisotopic (exact) mass is 263 g/mol. The van der Waals surface area contributed by atoms with Crippen molar-refractivity contribution in [3.8, 4) is 0 Å². The van der Waals surface area contributed by atoms with E-state index in [4.69, 9.17) is 10.5 Å². The van der Waals surface area contributed by atoms with Crippen LogP contribution in [0.3, 0.4) is 0 Å². The van der Waals surface area contributed by atoms with Crippen molar-refractivity contribution in [2.75, 3.05) is 13.1 Å². The number of ether oxygens (including phenoxy) is 1. The van der Waals surface area contributed by atoms with Crippen LogP contribution in [0.5, 0.6) is 0 Å². The van der Waals surface area contributed by atoms with Gasteiger partial charge in [-0.3, -0.25) is 4.98 Å². The first kappa shape index (κ1) is 13.8. The molecular formula is C14H21N3O2. The quantitative estimate of drug-likeness (QED) is 0.838. The van der Waals surface area contributed by atoms with Gasteiger partial charge < -0.3 is 15.4 Å². The van der Waals surface area contributed by atoms with Crippen molar-refractivity contribution >= 4 is 6.09 Å². The molecule has 0 radical (unpaired) electrons. The first-order chi connectivity index (χ1) is 8.87. The Kier molecular flexibility index (Phi) is 3.75. The minimum atomic E-state index is -0.482. The van der Waals surface area contributed by atoms with Crippen molar-refractivity contribution in [1.29, 1.82) is 0 Å². The zero-order chi connectivity index (χ0) is 14.0. The van der Waals surface area contributed by atoms with Gasteiger partial charge >= 0.3 is 6.09 Å². The van der Waals surface area contributed by atoms with Crippen molar-refractivity contribution in [3.05, 3.63) is 30.1 Å². The van der Waals surface area contributed by atoms with Crippen LogP contribution in [0.1, 0.15) is 32.4 Å². The first-order valence-electron chi connectivity index (χ1n) is 6.51. The third kappa shape index (κ3) is 3.44. The molecular weight excluding hydrogens is 242 g/mol. The molecule has 2 atom stereocenters. The standard InChI is InChI=1S/C14H21N3O2/c1-14(2,3)19-13(18)17-8-10(11(15)9-17)12-6-4-5-7-16-12/h4-7,10-11H,8-9,15H2,1-3H3. The Balaban J connectivity index is 2.04. The van der Waals surface area contributed by atoms with Crippen LogP contribution >= 0.6 is 0 Å². The lowest BCUT2D eigenvalue weighted by atomic mass is 10.0. The summed E-state index contributed by atoms with van der Waals surface area (Å²) in [4.78, 5) is 18.0. The van der Waals surface area contributed by atoms with Crippen molar-refractivity contribution in [3.63, 3.8) is 0 Å². The molecule has 2 N–H and O–H groups in total. The fraction of sp³-hybridized carbons (Fsp3) is 0.571. The molecule has 1 saturated heterocycles. The predicted molar refractivity (Wildman–Crippen MR) is 72.8 cm³/mol. The highest BCUT2D eigenvalue weighted by Gasteiger charge is 2.36. The van der Waals surface area contributed by atoms with Gasteiger partial charge in [-0.1, -0.05) is 6.07 Å². The third-order valence-electron chi connectivity index (χ3n) is 3.08. The number of aromatic nitrogens is 1. The normalized spacial score (nSPS) is 23.5. The molecule has 5 heteroatoms. The Morgan fingerprint density at radius 3 is 2.74 bits per heavy atom. The van der Waals surface area contributed by atoms with Crippen LogP contribution in [0, 0.1) is 0 Å². The molecule has 0 saturated carbocycles. The number of rotatable bonds is 1. The Labute approximate surface area is 113 Å². The summed E-state index contributed by atoms with van der Waals surface area (Å²) in [5.41, 5.74) is 6.56. The van der Waals surface area contributed by atoms with Crippen LogP contribution < -0.4 is 5.73 Å². The van der Waals surface area contributed by atoms with E-state index < -0.39 is 5.60 Å². The summed E-state index contributed by atoms with van der Waals surface area (Å²) >= 11 is 0. The summed E-state index contributed by atoms with van der Waals surface area (Å²) in [5, 5.41) is 0. The zero-order valence-electron chi connectivity index (χ0n) is 11.7. The van der Waals surface area contributed by atoms with E-state index in [1.54, 1.807) is 11.1 Å². The van der Waals surface area contributed by atoms with Gasteiger partial charge in [0.2, 0.25) is 0 Å². The number of amides is 1. The number of nitrogens with two attached hydrogens (primary N) is 1. The second-order valence-electron chi connectivity index (χ2n) is 5.91. The third-order valence-corrected chi connectivity index (χ3v) is 3.08.